The maximum Gasteiger partial charge on any atom is 0.309 e. The Labute approximate surface area is 240 Å². The normalized spacial score (nSPS) is 12.6. The molecule has 40 heavy (non-hydrogen) atoms. The van der Waals surface area contributed by atoms with E-state index in [1.807, 2.05) is 86.6 Å². The van der Waals surface area contributed by atoms with E-state index in [-0.39, 0.29) is 37.0 Å². The van der Waals surface area contributed by atoms with E-state index in [0.29, 0.717) is 12.3 Å². The standard InChI is InChI=1S/C34H36O4P2/c1-27(25-39(29-15-7-3-8-16-29)30-17-9-4-10-18-30)33(35)37-23-24-38-34(36)28(2)26-40(31-19-11-5-12-20-31)32-21-13-6-14-22-32/h3-22,27-28H,23-26H2,1-2H3. The Kier molecular flexibility index (Phi) is 11.5. The zero-order valence-electron chi connectivity index (χ0n) is 23.1. The molecule has 6 heteroatoms. The summed E-state index contributed by atoms with van der Waals surface area (Å²) in [5.41, 5.74) is 0. The van der Waals surface area contributed by atoms with Crippen molar-refractivity contribution < 1.29 is 19.1 Å². The highest BCUT2D eigenvalue weighted by Gasteiger charge is 2.24. The van der Waals surface area contributed by atoms with Crippen LogP contribution in [-0.2, 0) is 19.1 Å². The van der Waals surface area contributed by atoms with Gasteiger partial charge in [-0.15, -0.1) is 0 Å². The second kappa shape index (κ2) is 15.5. The van der Waals surface area contributed by atoms with Gasteiger partial charge in [-0.25, -0.2) is 0 Å². The SMILES string of the molecule is CC(CP(c1ccccc1)c1ccccc1)C(=O)OCCOC(=O)C(C)CP(c1ccccc1)c1ccccc1. The highest BCUT2D eigenvalue weighted by atomic mass is 31.1. The van der Waals surface area contributed by atoms with Crippen LogP contribution in [0.3, 0.4) is 0 Å². The Morgan fingerprint density at radius 3 is 1.00 bits per heavy atom. The first kappa shape index (κ1) is 29.7. The van der Waals surface area contributed by atoms with Gasteiger partial charge in [0.25, 0.3) is 0 Å². The maximum atomic E-state index is 12.8. The van der Waals surface area contributed by atoms with E-state index in [4.69, 9.17) is 9.47 Å². The van der Waals surface area contributed by atoms with Crippen LogP contribution in [0, 0.1) is 11.8 Å². The molecular weight excluding hydrogens is 534 g/mol. The lowest BCUT2D eigenvalue weighted by Gasteiger charge is -2.22. The summed E-state index contributed by atoms with van der Waals surface area (Å²) >= 11 is 0. The van der Waals surface area contributed by atoms with E-state index in [1.165, 1.54) is 21.2 Å². The summed E-state index contributed by atoms with van der Waals surface area (Å²) < 4.78 is 11.0. The van der Waals surface area contributed by atoms with Crippen LogP contribution in [0.15, 0.2) is 121 Å². The molecule has 0 aliphatic rings. The first-order valence-corrected chi connectivity index (χ1v) is 16.7. The van der Waals surface area contributed by atoms with Gasteiger partial charge in [0.1, 0.15) is 13.2 Å². The van der Waals surface area contributed by atoms with Crippen molar-refractivity contribution in [2.75, 3.05) is 25.5 Å². The molecule has 2 unspecified atom stereocenters. The average molecular weight is 571 g/mol. The van der Waals surface area contributed by atoms with Gasteiger partial charge in [-0.2, -0.15) is 0 Å². The third-order valence-corrected chi connectivity index (χ3v) is 12.1. The van der Waals surface area contributed by atoms with Crippen molar-refractivity contribution in [3.8, 4) is 0 Å². The summed E-state index contributed by atoms with van der Waals surface area (Å²) in [6, 6.07) is 41.3. The molecule has 0 fully saturated rings. The van der Waals surface area contributed by atoms with Gasteiger partial charge in [0.05, 0.1) is 11.8 Å². The van der Waals surface area contributed by atoms with Gasteiger partial charge in [0.15, 0.2) is 0 Å². The van der Waals surface area contributed by atoms with Crippen LogP contribution in [0.2, 0.25) is 0 Å². The van der Waals surface area contributed by atoms with Crippen LogP contribution in [0.5, 0.6) is 0 Å². The Balaban J connectivity index is 1.27. The van der Waals surface area contributed by atoms with Gasteiger partial charge in [0, 0.05) is 0 Å². The monoisotopic (exact) mass is 570 g/mol. The molecule has 0 heterocycles. The fourth-order valence-corrected chi connectivity index (χ4v) is 9.38. The van der Waals surface area contributed by atoms with Gasteiger partial charge in [-0.05, 0) is 49.4 Å². The van der Waals surface area contributed by atoms with Crippen molar-refractivity contribution >= 4 is 49.0 Å². The minimum atomic E-state index is -0.692. The molecule has 2 atom stereocenters. The molecule has 4 aromatic rings. The molecule has 0 aromatic heterocycles. The van der Waals surface area contributed by atoms with Gasteiger partial charge >= 0.3 is 11.9 Å². The van der Waals surface area contributed by atoms with Gasteiger partial charge < -0.3 is 9.47 Å². The highest BCUT2D eigenvalue weighted by molar-refractivity contribution is 7.73. The number of rotatable bonds is 13. The van der Waals surface area contributed by atoms with Gasteiger partial charge in [0.2, 0.25) is 0 Å². The molecule has 0 N–H and O–H groups in total. The van der Waals surface area contributed by atoms with E-state index in [2.05, 4.69) is 48.5 Å². The summed E-state index contributed by atoms with van der Waals surface area (Å²) in [7, 11) is -1.38. The maximum absolute atomic E-state index is 12.8. The number of carbonyl (C=O) groups is 2. The van der Waals surface area contributed by atoms with Crippen molar-refractivity contribution in [3.63, 3.8) is 0 Å². The highest BCUT2D eigenvalue weighted by Crippen LogP contribution is 2.37. The quantitative estimate of drug-likeness (QED) is 0.119. The largest absolute Gasteiger partial charge is 0.462 e. The van der Waals surface area contributed by atoms with Crippen molar-refractivity contribution in [1.82, 2.24) is 0 Å². The molecule has 0 spiro atoms. The predicted molar refractivity (Wildman–Crippen MR) is 168 cm³/mol. The van der Waals surface area contributed by atoms with E-state index < -0.39 is 15.8 Å². The lowest BCUT2D eigenvalue weighted by molar-refractivity contribution is -0.155. The number of esters is 2. The molecule has 4 aromatic carbocycles. The Morgan fingerprint density at radius 2 is 0.750 bits per heavy atom. The first-order valence-electron chi connectivity index (χ1n) is 13.6. The second-order valence-corrected chi connectivity index (χ2v) is 14.2. The van der Waals surface area contributed by atoms with Gasteiger partial charge in [-0.3, -0.25) is 9.59 Å². The van der Waals surface area contributed by atoms with Crippen LogP contribution >= 0.6 is 15.8 Å². The minimum Gasteiger partial charge on any atom is -0.462 e. The lowest BCUT2D eigenvalue weighted by Crippen LogP contribution is -2.26. The van der Waals surface area contributed by atoms with E-state index in [9.17, 15) is 9.59 Å². The van der Waals surface area contributed by atoms with Crippen molar-refractivity contribution in [2.24, 2.45) is 11.8 Å². The zero-order chi connectivity index (χ0) is 28.2. The fraction of sp³-hybridized carbons (Fsp3) is 0.235. The van der Waals surface area contributed by atoms with E-state index in [0.717, 1.165) is 0 Å². The van der Waals surface area contributed by atoms with Crippen molar-refractivity contribution in [3.05, 3.63) is 121 Å². The predicted octanol–water partition coefficient (Wildman–Crippen LogP) is 5.61. The van der Waals surface area contributed by atoms with Crippen LogP contribution in [0.4, 0.5) is 0 Å². The van der Waals surface area contributed by atoms with Crippen LogP contribution in [-0.4, -0.2) is 37.5 Å². The lowest BCUT2D eigenvalue weighted by atomic mass is 10.2. The molecule has 206 valence electrons. The Bertz CT molecular complexity index is 1130. The molecule has 0 aliphatic heterocycles. The molecule has 4 rings (SSSR count). The summed E-state index contributed by atoms with van der Waals surface area (Å²) in [6.07, 6.45) is 1.39. The van der Waals surface area contributed by atoms with Crippen LogP contribution in [0.1, 0.15) is 13.8 Å². The Morgan fingerprint density at radius 1 is 0.500 bits per heavy atom. The minimum absolute atomic E-state index is 0.0579. The van der Waals surface area contributed by atoms with E-state index >= 15 is 0 Å². The van der Waals surface area contributed by atoms with Crippen LogP contribution in [0.25, 0.3) is 0 Å². The average Bonchev–Trinajstić information content (AvgIpc) is 3.02. The zero-order valence-corrected chi connectivity index (χ0v) is 24.8. The molecule has 0 bridgehead atoms. The molecule has 0 aliphatic carbocycles. The molecular formula is C34H36O4P2. The summed E-state index contributed by atoms with van der Waals surface area (Å²) in [5.74, 6) is -1.08. The number of hydrogen-bond donors (Lipinski definition) is 0. The van der Waals surface area contributed by atoms with Crippen LogP contribution < -0.4 is 21.2 Å². The molecule has 4 nitrogen and oxygen atoms in total. The molecule has 0 saturated heterocycles. The van der Waals surface area contributed by atoms with Crippen molar-refractivity contribution in [2.45, 2.75) is 13.8 Å². The van der Waals surface area contributed by atoms with E-state index in [1.54, 1.807) is 0 Å². The number of carbonyl (C=O) groups excluding carboxylic acids is 2. The smallest absolute Gasteiger partial charge is 0.309 e. The fourth-order valence-electron chi connectivity index (χ4n) is 4.42. The summed E-state index contributed by atoms with van der Waals surface area (Å²) in [6.45, 7) is 3.94. The number of ether oxygens (including phenoxy) is 2. The summed E-state index contributed by atoms with van der Waals surface area (Å²) in [4.78, 5) is 25.7. The molecule has 0 saturated carbocycles. The number of benzene rings is 4. The third kappa shape index (κ3) is 8.59. The topological polar surface area (TPSA) is 52.6 Å². The van der Waals surface area contributed by atoms with Crippen molar-refractivity contribution in [1.29, 1.82) is 0 Å². The molecule has 0 amide bonds. The third-order valence-electron chi connectivity index (χ3n) is 6.56. The summed E-state index contributed by atoms with van der Waals surface area (Å²) in [5, 5.41) is 4.93. The van der Waals surface area contributed by atoms with Gasteiger partial charge in [-0.1, -0.05) is 135 Å². The Hall–Kier alpha value is -3.32. The second-order valence-electron chi connectivity index (χ2n) is 9.70. The number of hydrogen-bond acceptors (Lipinski definition) is 4. The molecule has 0 radical (unpaired) electrons. The first-order chi connectivity index (χ1) is 19.5.